The lowest BCUT2D eigenvalue weighted by Crippen LogP contribution is -2.28. The molecule has 2 aliphatic rings. The highest BCUT2D eigenvalue weighted by Gasteiger charge is 2.30. The maximum absolute atomic E-state index is 5.94. The fraction of sp³-hybridized carbons (Fsp3) is 0.647. The zero-order valence-electron chi connectivity index (χ0n) is 12.3. The SMILES string of the molecule is CCCNC(c1cc(Br)cc2c1OCC2)C1CCCC1. The quantitative estimate of drug-likeness (QED) is 0.846. The van der Waals surface area contributed by atoms with Crippen molar-refractivity contribution < 1.29 is 4.74 Å². The third-order valence-corrected chi connectivity index (χ3v) is 5.06. The lowest BCUT2D eigenvalue weighted by atomic mass is 9.90. The average molecular weight is 338 g/mol. The van der Waals surface area contributed by atoms with E-state index >= 15 is 0 Å². The molecule has 1 N–H and O–H groups in total. The highest BCUT2D eigenvalue weighted by molar-refractivity contribution is 9.10. The predicted octanol–water partition coefficient (Wildman–Crippen LogP) is 4.61. The van der Waals surface area contributed by atoms with Crippen molar-refractivity contribution in [2.24, 2.45) is 5.92 Å². The maximum atomic E-state index is 5.94. The van der Waals surface area contributed by atoms with E-state index in [1.54, 1.807) is 0 Å². The lowest BCUT2D eigenvalue weighted by molar-refractivity contribution is 0.326. The molecule has 1 unspecified atom stereocenters. The minimum atomic E-state index is 0.460. The zero-order chi connectivity index (χ0) is 13.9. The molecule has 20 heavy (non-hydrogen) atoms. The molecule has 3 heteroatoms. The van der Waals surface area contributed by atoms with E-state index in [1.807, 2.05) is 0 Å². The van der Waals surface area contributed by atoms with Crippen molar-refractivity contribution in [1.82, 2.24) is 5.32 Å². The second-order valence-corrected chi connectivity index (χ2v) is 6.97. The van der Waals surface area contributed by atoms with Crippen molar-refractivity contribution in [2.45, 2.75) is 51.5 Å². The molecule has 0 amide bonds. The van der Waals surface area contributed by atoms with Gasteiger partial charge < -0.3 is 10.1 Å². The van der Waals surface area contributed by atoms with Crippen LogP contribution in [0.15, 0.2) is 16.6 Å². The van der Waals surface area contributed by atoms with Gasteiger partial charge in [-0.1, -0.05) is 35.7 Å². The van der Waals surface area contributed by atoms with Crippen LogP contribution in [0.5, 0.6) is 5.75 Å². The molecule has 1 aliphatic carbocycles. The molecule has 0 saturated heterocycles. The number of hydrogen-bond donors (Lipinski definition) is 1. The summed E-state index contributed by atoms with van der Waals surface area (Å²) in [5, 5.41) is 3.78. The third-order valence-electron chi connectivity index (χ3n) is 4.60. The Hall–Kier alpha value is -0.540. The normalized spacial score (nSPS) is 19.9. The van der Waals surface area contributed by atoms with Crippen LogP contribution in [0.2, 0.25) is 0 Å². The van der Waals surface area contributed by atoms with Gasteiger partial charge in [0.05, 0.1) is 6.61 Å². The van der Waals surface area contributed by atoms with Gasteiger partial charge in [-0.05, 0) is 49.4 Å². The van der Waals surface area contributed by atoms with Crippen LogP contribution >= 0.6 is 15.9 Å². The first-order valence-corrected chi connectivity index (χ1v) is 8.77. The van der Waals surface area contributed by atoms with Crippen LogP contribution in [0.25, 0.3) is 0 Å². The van der Waals surface area contributed by atoms with Crippen LogP contribution in [0.1, 0.15) is 56.2 Å². The lowest BCUT2D eigenvalue weighted by Gasteiger charge is -2.27. The second kappa shape index (κ2) is 6.48. The van der Waals surface area contributed by atoms with Crippen LogP contribution in [-0.4, -0.2) is 13.2 Å². The molecule has 0 radical (unpaired) electrons. The van der Waals surface area contributed by atoms with Crippen molar-refractivity contribution in [3.8, 4) is 5.75 Å². The summed E-state index contributed by atoms with van der Waals surface area (Å²) in [7, 11) is 0. The number of rotatable bonds is 5. The Bertz CT molecular complexity index is 468. The molecule has 0 bridgehead atoms. The molecule has 2 nitrogen and oxygen atoms in total. The summed E-state index contributed by atoms with van der Waals surface area (Å²) in [5.41, 5.74) is 2.75. The van der Waals surface area contributed by atoms with Crippen LogP contribution in [-0.2, 0) is 6.42 Å². The van der Waals surface area contributed by atoms with Gasteiger partial charge in [-0.25, -0.2) is 0 Å². The van der Waals surface area contributed by atoms with Gasteiger partial charge in [0.25, 0.3) is 0 Å². The van der Waals surface area contributed by atoms with E-state index in [2.05, 4.69) is 40.3 Å². The number of benzene rings is 1. The molecular weight excluding hydrogens is 314 g/mol. The second-order valence-electron chi connectivity index (χ2n) is 6.06. The van der Waals surface area contributed by atoms with Crippen molar-refractivity contribution in [2.75, 3.05) is 13.2 Å². The van der Waals surface area contributed by atoms with E-state index in [0.29, 0.717) is 6.04 Å². The maximum Gasteiger partial charge on any atom is 0.127 e. The van der Waals surface area contributed by atoms with Crippen LogP contribution in [0.4, 0.5) is 0 Å². The Labute approximate surface area is 130 Å². The first-order chi connectivity index (χ1) is 9.79. The molecule has 1 heterocycles. The van der Waals surface area contributed by atoms with Gasteiger partial charge in [0.15, 0.2) is 0 Å². The third kappa shape index (κ3) is 2.89. The number of ether oxygens (including phenoxy) is 1. The molecule has 1 aromatic rings. The monoisotopic (exact) mass is 337 g/mol. The van der Waals surface area contributed by atoms with Crippen LogP contribution in [0, 0.1) is 5.92 Å². The summed E-state index contributed by atoms with van der Waals surface area (Å²) in [6.07, 6.45) is 7.69. The first-order valence-electron chi connectivity index (χ1n) is 7.98. The van der Waals surface area contributed by atoms with E-state index in [4.69, 9.17) is 4.74 Å². The number of hydrogen-bond acceptors (Lipinski definition) is 2. The number of nitrogens with one attached hydrogen (secondary N) is 1. The predicted molar refractivity (Wildman–Crippen MR) is 86.3 cm³/mol. The standard InChI is InChI=1S/C17H24BrNO/c1-2-8-19-16(12-5-3-4-6-12)15-11-14(18)10-13-7-9-20-17(13)15/h10-12,16,19H,2-9H2,1H3. The average Bonchev–Trinajstić information content (AvgIpc) is 3.09. The Balaban J connectivity index is 1.93. The minimum Gasteiger partial charge on any atom is -0.493 e. The first kappa shape index (κ1) is 14.4. The molecule has 1 saturated carbocycles. The van der Waals surface area contributed by atoms with Crippen molar-refractivity contribution in [3.63, 3.8) is 0 Å². The Morgan fingerprint density at radius 2 is 2.15 bits per heavy atom. The summed E-state index contributed by atoms with van der Waals surface area (Å²) in [6.45, 7) is 4.16. The van der Waals surface area contributed by atoms with Crippen molar-refractivity contribution in [1.29, 1.82) is 0 Å². The van der Waals surface area contributed by atoms with E-state index < -0.39 is 0 Å². The largest absolute Gasteiger partial charge is 0.493 e. The van der Waals surface area contributed by atoms with Gasteiger partial charge in [-0.2, -0.15) is 0 Å². The highest BCUT2D eigenvalue weighted by atomic mass is 79.9. The molecule has 1 atom stereocenters. The Morgan fingerprint density at radius 1 is 1.35 bits per heavy atom. The van der Waals surface area contributed by atoms with Gasteiger partial charge in [-0.15, -0.1) is 0 Å². The zero-order valence-corrected chi connectivity index (χ0v) is 13.8. The van der Waals surface area contributed by atoms with E-state index in [0.717, 1.165) is 31.2 Å². The topological polar surface area (TPSA) is 21.3 Å². The molecule has 0 aromatic heterocycles. The molecule has 1 aliphatic heterocycles. The van der Waals surface area contributed by atoms with Gasteiger partial charge in [0, 0.05) is 22.5 Å². The van der Waals surface area contributed by atoms with E-state index in [9.17, 15) is 0 Å². The minimum absolute atomic E-state index is 0.460. The summed E-state index contributed by atoms with van der Waals surface area (Å²) in [4.78, 5) is 0. The summed E-state index contributed by atoms with van der Waals surface area (Å²) < 4.78 is 7.14. The molecule has 3 rings (SSSR count). The van der Waals surface area contributed by atoms with Crippen LogP contribution < -0.4 is 10.1 Å². The summed E-state index contributed by atoms with van der Waals surface area (Å²) in [5.74, 6) is 1.93. The fourth-order valence-corrected chi connectivity index (χ4v) is 4.17. The van der Waals surface area contributed by atoms with Crippen molar-refractivity contribution >= 4 is 15.9 Å². The van der Waals surface area contributed by atoms with Crippen LogP contribution in [0.3, 0.4) is 0 Å². The van der Waals surface area contributed by atoms with Gasteiger partial charge in [-0.3, -0.25) is 0 Å². The molecule has 0 spiro atoms. The molecular formula is C17H24BrNO. The summed E-state index contributed by atoms with van der Waals surface area (Å²) >= 11 is 3.68. The van der Waals surface area contributed by atoms with E-state index in [-0.39, 0.29) is 0 Å². The summed E-state index contributed by atoms with van der Waals surface area (Å²) in [6, 6.07) is 4.95. The molecule has 1 fully saturated rings. The van der Waals surface area contributed by atoms with E-state index in [1.165, 1.54) is 47.7 Å². The Kier molecular flexibility index (Phi) is 4.67. The highest BCUT2D eigenvalue weighted by Crippen LogP contribution is 2.43. The number of halogens is 1. The van der Waals surface area contributed by atoms with Gasteiger partial charge in [0.2, 0.25) is 0 Å². The molecule has 110 valence electrons. The van der Waals surface area contributed by atoms with Crippen molar-refractivity contribution in [3.05, 3.63) is 27.7 Å². The van der Waals surface area contributed by atoms with Gasteiger partial charge >= 0.3 is 0 Å². The fourth-order valence-electron chi connectivity index (χ4n) is 3.65. The number of fused-ring (bicyclic) bond motifs is 1. The molecule has 1 aromatic carbocycles. The smallest absolute Gasteiger partial charge is 0.127 e. The Morgan fingerprint density at radius 3 is 2.90 bits per heavy atom. The van der Waals surface area contributed by atoms with Gasteiger partial charge in [0.1, 0.15) is 5.75 Å².